The number of hydrogen-bond donors (Lipinski definition) is 0. The molecule has 2 heterocycles. The van der Waals surface area contributed by atoms with Gasteiger partial charge in [0.05, 0.1) is 6.10 Å². The molecule has 0 radical (unpaired) electrons. The smallest absolute Gasteiger partial charge is 0.0715 e. The van der Waals surface area contributed by atoms with Gasteiger partial charge in [-0.2, -0.15) is 0 Å². The van der Waals surface area contributed by atoms with Gasteiger partial charge in [0.1, 0.15) is 0 Å². The Morgan fingerprint density at radius 1 is 1.55 bits per heavy atom. The quantitative estimate of drug-likeness (QED) is 0.565. The van der Waals surface area contributed by atoms with Gasteiger partial charge in [0.25, 0.3) is 0 Å². The first kappa shape index (κ1) is 7.56. The zero-order chi connectivity index (χ0) is 7.90. The van der Waals surface area contributed by atoms with Gasteiger partial charge in [-0.25, -0.2) is 0 Å². The van der Waals surface area contributed by atoms with Crippen LogP contribution in [0.1, 0.15) is 26.2 Å². The van der Waals surface area contributed by atoms with Gasteiger partial charge in [-0.1, -0.05) is 0 Å². The van der Waals surface area contributed by atoms with Crippen LogP contribution < -0.4 is 0 Å². The zero-order valence-electron chi connectivity index (χ0n) is 7.47. The van der Waals surface area contributed by atoms with Crippen molar-refractivity contribution in [2.24, 2.45) is 0 Å². The van der Waals surface area contributed by atoms with Crippen LogP contribution in [0.25, 0.3) is 0 Å². The second kappa shape index (κ2) is 2.46. The maximum absolute atomic E-state index is 5.37. The Hall–Kier alpha value is -0.0800. The molecule has 0 aliphatic carbocycles. The lowest BCUT2D eigenvalue weighted by atomic mass is 9.96. The van der Waals surface area contributed by atoms with Crippen LogP contribution in [0, 0.1) is 0 Å². The molecular formula is C9H17NO. The number of methoxy groups -OCH3 is 1. The molecule has 2 nitrogen and oxygen atoms in total. The Morgan fingerprint density at radius 2 is 2.36 bits per heavy atom. The van der Waals surface area contributed by atoms with E-state index in [1.165, 1.54) is 25.8 Å². The SMILES string of the molecule is CO[C@H]1CN2CCC[C@@]2(C)C1. The maximum atomic E-state index is 5.37. The molecule has 2 fully saturated rings. The minimum atomic E-state index is 0.487. The Bertz CT molecular complexity index is 160. The number of ether oxygens (including phenoxy) is 1. The third kappa shape index (κ3) is 1.09. The summed E-state index contributed by atoms with van der Waals surface area (Å²) < 4.78 is 5.37. The van der Waals surface area contributed by atoms with E-state index in [2.05, 4.69) is 11.8 Å². The first-order valence-electron chi connectivity index (χ1n) is 4.52. The fourth-order valence-corrected chi connectivity index (χ4v) is 2.58. The van der Waals surface area contributed by atoms with Crippen molar-refractivity contribution in [3.63, 3.8) is 0 Å². The third-order valence-electron chi connectivity index (χ3n) is 3.33. The van der Waals surface area contributed by atoms with Crippen LogP contribution in [0.2, 0.25) is 0 Å². The van der Waals surface area contributed by atoms with Crippen molar-refractivity contribution < 1.29 is 4.74 Å². The van der Waals surface area contributed by atoms with Crippen LogP contribution in [-0.4, -0.2) is 36.7 Å². The summed E-state index contributed by atoms with van der Waals surface area (Å²) >= 11 is 0. The van der Waals surface area contributed by atoms with Gasteiger partial charge in [-0.15, -0.1) is 0 Å². The number of fused-ring (bicyclic) bond motifs is 1. The fourth-order valence-electron chi connectivity index (χ4n) is 2.58. The Labute approximate surface area is 68.5 Å². The molecule has 0 unspecified atom stereocenters. The van der Waals surface area contributed by atoms with Crippen molar-refractivity contribution in [3.8, 4) is 0 Å². The molecule has 2 rings (SSSR count). The average molecular weight is 155 g/mol. The van der Waals surface area contributed by atoms with E-state index in [9.17, 15) is 0 Å². The number of hydrogen-bond acceptors (Lipinski definition) is 2. The van der Waals surface area contributed by atoms with Crippen molar-refractivity contribution >= 4 is 0 Å². The van der Waals surface area contributed by atoms with Crippen LogP contribution in [0.4, 0.5) is 0 Å². The molecule has 0 aromatic carbocycles. The summed E-state index contributed by atoms with van der Waals surface area (Å²) in [6, 6.07) is 0. The van der Waals surface area contributed by atoms with Gasteiger partial charge < -0.3 is 4.74 Å². The summed E-state index contributed by atoms with van der Waals surface area (Å²) in [5.41, 5.74) is 0.487. The lowest BCUT2D eigenvalue weighted by Gasteiger charge is -2.26. The van der Waals surface area contributed by atoms with Gasteiger partial charge in [-0.05, 0) is 32.7 Å². The largest absolute Gasteiger partial charge is 0.380 e. The van der Waals surface area contributed by atoms with E-state index in [1.54, 1.807) is 0 Å². The predicted molar refractivity (Wildman–Crippen MR) is 44.6 cm³/mol. The van der Waals surface area contributed by atoms with E-state index in [4.69, 9.17) is 4.74 Å². The molecule has 0 bridgehead atoms. The first-order valence-corrected chi connectivity index (χ1v) is 4.52. The molecule has 0 spiro atoms. The molecule has 0 aromatic rings. The molecule has 64 valence electrons. The number of nitrogens with zero attached hydrogens (tertiary/aromatic N) is 1. The summed E-state index contributed by atoms with van der Waals surface area (Å²) in [6.07, 6.45) is 4.49. The Morgan fingerprint density at radius 3 is 3.00 bits per heavy atom. The molecule has 0 aromatic heterocycles. The van der Waals surface area contributed by atoms with E-state index >= 15 is 0 Å². The van der Waals surface area contributed by atoms with Gasteiger partial charge in [0, 0.05) is 19.2 Å². The van der Waals surface area contributed by atoms with Crippen molar-refractivity contribution in [3.05, 3.63) is 0 Å². The van der Waals surface area contributed by atoms with Crippen LogP contribution >= 0.6 is 0 Å². The topological polar surface area (TPSA) is 12.5 Å². The van der Waals surface area contributed by atoms with E-state index in [1.807, 2.05) is 7.11 Å². The van der Waals surface area contributed by atoms with Crippen LogP contribution in [-0.2, 0) is 4.74 Å². The molecule has 0 saturated carbocycles. The normalized spacial score (nSPS) is 44.7. The molecule has 0 amide bonds. The van der Waals surface area contributed by atoms with Gasteiger partial charge in [0.15, 0.2) is 0 Å². The van der Waals surface area contributed by atoms with E-state index < -0.39 is 0 Å². The van der Waals surface area contributed by atoms with E-state index in [0.717, 1.165) is 6.54 Å². The molecule has 2 atom stereocenters. The Kier molecular flexibility index (Phi) is 1.69. The molecule has 2 aliphatic rings. The molecule has 11 heavy (non-hydrogen) atoms. The average Bonchev–Trinajstić information content (AvgIpc) is 2.42. The number of rotatable bonds is 1. The zero-order valence-corrected chi connectivity index (χ0v) is 7.47. The first-order chi connectivity index (χ1) is 5.24. The lowest BCUT2D eigenvalue weighted by molar-refractivity contribution is 0.107. The van der Waals surface area contributed by atoms with Crippen LogP contribution in [0.15, 0.2) is 0 Å². The standard InChI is InChI=1S/C9H17NO/c1-9-4-3-5-10(9)7-8(6-9)11-2/h8H,3-7H2,1-2H3/t8-,9+/m1/s1. The van der Waals surface area contributed by atoms with Crippen LogP contribution in [0.3, 0.4) is 0 Å². The third-order valence-corrected chi connectivity index (χ3v) is 3.33. The molecule has 2 heteroatoms. The minimum absolute atomic E-state index is 0.487. The van der Waals surface area contributed by atoms with E-state index in [0.29, 0.717) is 11.6 Å². The molecular weight excluding hydrogens is 138 g/mol. The summed E-state index contributed by atoms with van der Waals surface area (Å²) in [5.74, 6) is 0. The maximum Gasteiger partial charge on any atom is 0.0715 e. The van der Waals surface area contributed by atoms with E-state index in [-0.39, 0.29) is 0 Å². The van der Waals surface area contributed by atoms with Crippen molar-refractivity contribution in [1.29, 1.82) is 0 Å². The summed E-state index contributed by atoms with van der Waals surface area (Å²) in [4.78, 5) is 2.58. The molecule has 2 aliphatic heterocycles. The summed E-state index contributed by atoms with van der Waals surface area (Å²) in [6.45, 7) is 4.82. The highest BCUT2D eigenvalue weighted by Gasteiger charge is 2.44. The van der Waals surface area contributed by atoms with Crippen molar-refractivity contribution in [2.45, 2.75) is 37.8 Å². The highest BCUT2D eigenvalue weighted by atomic mass is 16.5. The second-order valence-electron chi connectivity index (χ2n) is 4.11. The highest BCUT2D eigenvalue weighted by molar-refractivity contribution is 5.00. The monoisotopic (exact) mass is 155 g/mol. The van der Waals surface area contributed by atoms with Gasteiger partial charge in [-0.3, -0.25) is 4.90 Å². The Balaban J connectivity index is 2.06. The predicted octanol–water partition coefficient (Wildman–Crippen LogP) is 1.26. The second-order valence-corrected chi connectivity index (χ2v) is 4.11. The minimum Gasteiger partial charge on any atom is -0.380 e. The summed E-state index contributed by atoms with van der Waals surface area (Å²) in [5, 5.41) is 0. The molecule has 2 saturated heterocycles. The lowest BCUT2D eigenvalue weighted by Crippen LogP contribution is -2.34. The van der Waals surface area contributed by atoms with Gasteiger partial charge >= 0.3 is 0 Å². The van der Waals surface area contributed by atoms with Crippen LogP contribution in [0.5, 0.6) is 0 Å². The van der Waals surface area contributed by atoms with Gasteiger partial charge in [0.2, 0.25) is 0 Å². The van der Waals surface area contributed by atoms with Crippen molar-refractivity contribution in [2.75, 3.05) is 20.2 Å². The van der Waals surface area contributed by atoms with Crippen molar-refractivity contribution in [1.82, 2.24) is 4.90 Å². The molecule has 0 N–H and O–H groups in total. The fraction of sp³-hybridized carbons (Fsp3) is 1.00. The summed E-state index contributed by atoms with van der Waals surface area (Å²) in [7, 11) is 1.83. The highest BCUT2D eigenvalue weighted by Crippen LogP contribution is 2.38.